The number of ether oxygens (including phenoxy) is 1. The lowest BCUT2D eigenvalue weighted by Crippen LogP contribution is -1.97. The maximum Gasteiger partial charge on any atom is 0.335 e. The van der Waals surface area contributed by atoms with Crippen molar-refractivity contribution in [1.82, 2.24) is 0 Å². The van der Waals surface area contributed by atoms with Gasteiger partial charge in [-0.1, -0.05) is 6.07 Å². The molecule has 98 valence electrons. The van der Waals surface area contributed by atoms with E-state index in [4.69, 9.17) is 9.84 Å². The minimum atomic E-state index is -1.10. The number of rotatable bonds is 3. The van der Waals surface area contributed by atoms with Gasteiger partial charge in [-0.2, -0.15) is 4.39 Å². The van der Waals surface area contributed by atoms with Crippen LogP contribution >= 0.6 is 15.9 Å². The van der Waals surface area contributed by atoms with Gasteiger partial charge in [0.05, 0.1) is 10.0 Å². The monoisotopic (exact) mass is 328 g/mol. The number of carboxylic acids is 1. The Morgan fingerprint density at radius 1 is 1.16 bits per heavy atom. The molecular weight excluding hydrogens is 322 g/mol. The van der Waals surface area contributed by atoms with Gasteiger partial charge < -0.3 is 9.84 Å². The highest BCUT2D eigenvalue weighted by molar-refractivity contribution is 9.10. The van der Waals surface area contributed by atoms with Gasteiger partial charge in [0, 0.05) is 0 Å². The Morgan fingerprint density at radius 2 is 1.89 bits per heavy atom. The third-order valence-corrected chi connectivity index (χ3v) is 2.93. The van der Waals surface area contributed by atoms with Crippen molar-refractivity contribution >= 4 is 21.9 Å². The first kappa shape index (κ1) is 13.5. The third kappa shape index (κ3) is 2.90. The van der Waals surface area contributed by atoms with Gasteiger partial charge in [0.25, 0.3) is 0 Å². The summed E-state index contributed by atoms with van der Waals surface area (Å²) >= 11 is 3.11. The predicted molar refractivity (Wildman–Crippen MR) is 67.5 cm³/mol. The molecule has 19 heavy (non-hydrogen) atoms. The summed E-state index contributed by atoms with van der Waals surface area (Å²) in [5.74, 6) is -3.30. The molecule has 2 aromatic rings. The van der Waals surface area contributed by atoms with Crippen molar-refractivity contribution in [2.24, 2.45) is 0 Å². The zero-order chi connectivity index (χ0) is 14.0. The summed E-state index contributed by atoms with van der Waals surface area (Å²) in [5, 5.41) is 8.80. The van der Waals surface area contributed by atoms with E-state index in [0.29, 0.717) is 4.47 Å². The van der Waals surface area contributed by atoms with E-state index >= 15 is 0 Å². The van der Waals surface area contributed by atoms with Crippen molar-refractivity contribution in [3.8, 4) is 11.5 Å². The van der Waals surface area contributed by atoms with Crippen molar-refractivity contribution in [2.75, 3.05) is 0 Å². The molecule has 0 radical (unpaired) electrons. The van der Waals surface area contributed by atoms with Crippen molar-refractivity contribution in [2.45, 2.75) is 0 Å². The maximum absolute atomic E-state index is 13.4. The van der Waals surface area contributed by atoms with Crippen LogP contribution in [0.5, 0.6) is 11.5 Å². The molecule has 0 bridgehead atoms. The molecule has 6 heteroatoms. The Hall–Kier alpha value is -1.95. The van der Waals surface area contributed by atoms with Gasteiger partial charge in [-0.15, -0.1) is 0 Å². The molecule has 0 atom stereocenters. The Kier molecular flexibility index (Phi) is 3.80. The second kappa shape index (κ2) is 5.36. The minimum absolute atomic E-state index is 0.0546. The summed E-state index contributed by atoms with van der Waals surface area (Å²) in [6.07, 6.45) is 0. The highest BCUT2D eigenvalue weighted by atomic mass is 79.9. The van der Waals surface area contributed by atoms with Crippen LogP contribution in [0.4, 0.5) is 8.78 Å². The molecule has 2 rings (SSSR count). The minimum Gasteiger partial charge on any atom is -0.478 e. The average molecular weight is 329 g/mol. The molecular formula is C13H7BrF2O3. The zero-order valence-electron chi connectivity index (χ0n) is 9.36. The number of carbonyl (C=O) groups is 1. The lowest BCUT2D eigenvalue weighted by atomic mass is 10.2. The zero-order valence-corrected chi connectivity index (χ0v) is 10.9. The summed E-state index contributed by atoms with van der Waals surface area (Å²) in [5.41, 5.74) is 0.0546. The number of aromatic carboxylic acids is 1. The van der Waals surface area contributed by atoms with Crippen LogP contribution in [-0.2, 0) is 0 Å². The van der Waals surface area contributed by atoms with Crippen LogP contribution in [0.3, 0.4) is 0 Å². The summed E-state index contributed by atoms with van der Waals surface area (Å²) in [6.45, 7) is 0. The van der Waals surface area contributed by atoms with Crippen LogP contribution in [0.25, 0.3) is 0 Å². The quantitative estimate of drug-likeness (QED) is 0.917. The Morgan fingerprint density at radius 3 is 2.53 bits per heavy atom. The Labute approximate surface area is 115 Å². The first-order valence-corrected chi connectivity index (χ1v) is 5.93. The maximum atomic E-state index is 13.4. The fourth-order valence-corrected chi connectivity index (χ4v) is 1.86. The second-order valence-electron chi connectivity index (χ2n) is 3.60. The molecule has 0 aliphatic heterocycles. The van der Waals surface area contributed by atoms with Crippen LogP contribution in [-0.4, -0.2) is 11.1 Å². The second-order valence-corrected chi connectivity index (χ2v) is 4.46. The van der Waals surface area contributed by atoms with Crippen molar-refractivity contribution in [1.29, 1.82) is 0 Å². The molecule has 0 saturated carbocycles. The number of benzene rings is 2. The van der Waals surface area contributed by atoms with Crippen LogP contribution in [0.15, 0.2) is 40.9 Å². The van der Waals surface area contributed by atoms with E-state index in [1.54, 1.807) is 0 Å². The van der Waals surface area contributed by atoms with Crippen LogP contribution in [0, 0.1) is 11.6 Å². The summed E-state index contributed by atoms with van der Waals surface area (Å²) in [7, 11) is 0. The Balaban J connectivity index is 2.34. The number of hydrogen-bond acceptors (Lipinski definition) is 2. The van der Waals surface area contributed by atoms with E-state index in [1.165, 1.54) is 30.3 Å². The molecule has 0 saturated heterocycles. The van der Waals surface area contributed by atoms with E-state index < -0.39 is 17.6 Å². The lowest BCUT2D eigenvalue weighted by molar-refractivity contribution is 0.0697. The molecule has 0 heterocycles. The van der Waals surface area contributed by atoms with E-state index in [9.17, 15) is 13.6 Å². The molecule has 1 N–H and O–H groups in total. The smallest absolute Gasteiger partial charge is 0.335 e. The van der Waals surface area contributed by atoms with Gasteiger partial charge >= 0.3 is 5.97 Å². The molecule has 0 aromatic heterocycles. The largest absolute Gasteiger partial charge is 0.478 e. The predicted octanol–water partition coefficient (Wildman–Crippen LogP) is 4.22. The van der Waals surface area contributed by atoms with Crippen molar-refractivity contribution in [3.63, 3.8) is 0 Å². The van der Waals surface area contributed by atoms with Gasteiger partial charge in [0.15, 0.2) is 11.6 Å². The van der Waals surface area contributed by atoms with Gasteiger partial charge in [-0.3, -0.25) is 0 Å². The van der Waals surface area contributed by atoms with Crippen LogP contribution < -0.4 is 4.74 Å². The van der Waals surface area contributed by atoms with Crippen molar-refractivity contribution < 1.29 is 23.4 Å². The van der Waals surface area contributed by atoms with E-state index in [2.05, 4.69) is 15.9 Å². The molecule has 0 fully saturated rings. The van der Waals surface area contributed by atoms with E-state index in [1.807, 2.05) is 0 Å². The third-order valence-electron chi connectivity index (χ3n) is 2.31. The lowest BCUT2D eigenvalue weighted by Gasteiger charge is -2.09. The van der Waals surface area contributed by atoms with Gasteiger partial charge in [0.1, 0.15) is 5.75 Å². The van der Waals surface area contributed by atoms with Gasteiger partial charge in [-0.05, 0) is 46.3 Å². The first-order valence-electron chi connectivity index (χ1n) is 5.13. The number of hydrogen-bond donors (Lipinski definition) is 1. The highest BCUT2D eigenvalue weighted by Gasteiger charge is 2.12. The summed E-state index contributed by atoms with van der Waals surface area (Å²) in [4.78, 5) is 10.8. The number of halogens is 3. The highest BCUT2D eigenvalue weighted by Crippen LogP contribution is 2.32. The normalized spacial score (nSPS) is 10.3. The first-order chi connectivity index (χ1) is 8.99. The van der Waals surface area contributed by atoms with Crippen LogP contribution in [0.1, 0.15) is 10.4 Å². The molecule has 0 amide bonds. The molecule has 2 aromatic carbocycles. The summed E-state index contributed by atoms with van der Waals surface area (Å²) < 4.78 is 32.0. The Bertz CT molecular complexity index is 644. The van der Waals surface area contributed by atoms with E-state index in [0.717, 1.165) is 6.07 Å². The molecule has 0 aliphatic carbocycles. The molecule has 0 aliphatic rings. The van der Waals surface area contributed by atoms with Gasteiger partial charge in [-0.25, -0.2) is 9.18 Å². The van der Waals surface area contributed by atoms with Crippen molar-refractivity contribution in [3.05, 3.63) is 58.1 Å². The fraction of sp³-hybridized carbons (Fsp3) is 0. The summed E-state index contributed by atoms with van der Waals surface area (Å²) in [6, 6.07) is 7.54. The number of carboxylic acid groups (broad SMARTS) is 1. The fourth-order valence-electron chi connectivity index (χ4n) is 1.40. The molecule has 0 unspecified atom stereocenters. The molecule has 3 nitrogen and oxygen atoms in total. The topological polar surface area (TPSA) is 46.5 Å². The average Bonchev–Trinajstić information content (AvgIpc) is 2.37. The SMILES string of the molecule is O=C(O)c1ccc(Oc2cccc(F)c2F)c(Br)c1. The van der Waals surface area contributed by atoms with E-state index in [-0.39, 0.29) is 17.1 Å². The van der Waals surface area contributed by atoms with Gasteiger partial charge in [0.2, 0.25) is 5.82 Å². The standard InChI is InChI=1S/C13H7BrF2O3/c14-8-6-7(13(17)18)4-5-10(8)19-11-3-1-2-9(15)12(11)16/h1-6H,(H,17,18). The van der Waals surface area contributed by atoms with Crippen LogP contribution in [0.2, 0.25) is 0 Å². The molecule has 0 spiro atoms.